The van der Waals surface area contributed by atoms with E-state index in [9.17, 15) is 8.42 Å². The molecule has 0 saturated carbocycles. The summed E-state index contributed by atoms with van der Waals surface area (Å²) in [5, 5.41) is 0. The molecule has 0 unspecified atom stereocenters. The molecule has 2 fully saturated rings. The van der Waals surface area contributed by atoms with E-state index < -0.39 is 15.8 Å². The van der Waals surface area contributed by atoms with Crippen LogP contribution in [0, 0.1) is 0 Å². The highest BCUT2D eigenvalue weighted by atomic mass is 32.2. The van der Waals surface area contributed by atoms with Gasteiger partial charge in [0.1, 0.15) is 10.6 Å². The van der Waals surface area contributed by atoms with Gasteiger partial charge in [-0.2, -0.15) is 4.31 Å². The molecule has 1 spiro atoms. The average Bonchev–Trinajstić information content (AvgIpc) is 3.02. The number of hydrogen-bond donors (Lipinski definition) is 0. The Hall–Kier alpha value is -1.15. The molecule has 2 heterocycles. The Bertz CT molecular complexity index is 657. The van der Waals surface area contributed by atoms with Crippen molar-refractivity contribution in [3.05, 3.63) is 23.8 Å². The molecule has 2 aliphatic heterocycles. The molecule has 0 atom stereocenters. The van der Waals surface area contributed by atoms with Gasteiger partial charge in [-0.1, -0.05) is 13.0 Å². The molecule has 0 N–H and O–H groups in total. The Morgan fingerprint density at radius 3 is 2.43 bits per heavy atom. The summed E-state index contributed by atoms with van der Waals surface area (Å²) in [4.78, 5) is 0.239. The Labute approximate surface area is 137 Å². The van der Waals surface area contributed by atoms with E-state index in [1.54, 1.807) is 12.1 Å². The summed E-state index contributed by atoms with van der Waals surface area (Å²) in [6.45, 7) is 3.94. The fourth-order valence-corrected chi connectivity index (χ4v) is 4.78. The molecular weight excluding hydrogens is 318 g/mol. The van der Waals surface area contributed by atoms with Crippen molar-refractivity contribution in [3.63, 3.8) is 0 Å². The first-order valence-electron chi connectivity index (χ1n) is 7.96. The summed E-state index contributed by atoms with van der Waals surface area (Å²) < 4.78 is 44.1. The first-order chi connectivity index (χ1) is 11.0. The summed E-state index contributed by atoms with van der Waals surface area (Å²) in [7, 11) is -2.09. The van der Waals surface area contributed by atoms with Crippen molar-refractivity contribution in [3.8, 4) is 5.75 Å². The van der Waals surface area contributed by atoms with Gasteiger partial charge in [0, 0.05) is 25.9 Å². The van der Waals surface area contributed by atoms with Crippen LogP contribution in [0.1, 0.15) is 25.3 Å². The lowest BCUT2D eigenvalue weighted by Crippen LogP contribution is -2.47. The molecule has 0 aliphatic carbocycles. The van der Waals surface area contributed by atoms with Gasteiger partial charge in [-0.25, -0.2) is 8.42 Å². The van der Waals surface area contributed by atoms with Gasteiger partial charge in [0.05, 0.1) is 20.3 Å². The lowest BCUT2D eigenvalue weighted by molar-refractivity contribution is -0.179. The van der Waals surface area contributed by atoms with Crippen LogP contribution in [0.15, 0.2) is 23.1 Å². The third-order valence-corrected chi connectivity index (χ3v) is 6.47. The van der Waals surface area contributed by atoms with Gasteiger partial charge in [0.15, 0.2) is 5.79 Å². The molecule has 0 radical (unpaired) electrons. The largest absolute Gasteiger partial charge is 0.495 e. The van der Waals surface area contributed by atoms with Crippen molar-refractivity contribution in [1.82, 2.24) is 4.31 Å². The van der Waals surface area contributed by atoms with Gasteiger partial charge >= 0.3 is 0 Å². The minimum atomic E-state index is -3.59. The third-order valence-electron chi connectivity index (χ3n) is 4.55. The van der Waals surface area contributed by atoms with Gasteiger partial charge in [-0.3, -0.25) is 0 Å². The normalized spacial score (nSPS) is 21.7. The van der Waals surface area contributed by atoms with Crippen LogP contribution in [-0.4, -0.2) is 51.9 Å². The predicted molar refractivity (Wildman–Crippen MR) is 85.0 cm³/mol. The molecule has 2 aliphatic rings. The highest BCUT2D eigenvalue weighted by Gasteiger charge is 2.43. The highest BCUT2D eigenvalue weighted by Crippen LogP contribution is 2.35. The van der Waals surface area contributed by atoms with Crippen molar-refractivity contribution in [2.75, 3.05) is 33.4 Å². The van der Waals surface area contributed by atoms with Crippen molar-refractivity contribution in [1.29, 1.82) is 0 Å². The average molecular weight is 341 g/mol. The SMILES string of the molecule is CCc1ccc(OC)c(S(=O)(=O)N2CCC3(CC2)OCCO3)c1. The summed E-state index contributed by atoms with van der Waals surface area (Å²) in [6.07, 6.45) is 1.89. The van der Waals surface area contributed by atoms with Gasteiger partial charge in [0.25, 0.3) is 0 Å². The molecule has 128 valence electrons. The van der Waals surface area contributed by atoms with Crippen molar-refractivity contribution in [2.45, 2.75) is 36.9 Å². The Morgan fingerprint density at radius 1 is 1.22 bits per heavy atom. The molecule has 1 aromatic rings. The molecular formula is C16H23NO5S. The van der Waals surface area contributed by atoms with E-state index in [0.29, 0.717) is 44.9 Å². The van der Waals surface area contributed by atoms with Crippen LogP contribution in [0.5, 0.6) is 5.75 Å². The van der Waals surface area contributed by atoms with E-state index in [4.69, 9.17) is 14.2 Å². The van der Waals surface area contributed by atoms with Crippen LogP contribution in [0.2, 0.25) is 0 Å². The fourth-order valence-electron chi connectivity index (χ4n) is 3.13. The van der Waals surface area contributed by atoms with E-state index in [2.05, 4.69) is 0 Å². The van der Waals surface area contributed by atoms with Crippen LogP contribution in [-0.2, 0) is 25.9 Å². The van der Waals surface area contributed by atoms with E-state index in [-0.39, 0.29) is 4.90 Å². The topological polar surface area (TPSA) is 65.1 Å². The zero-order valence-corrected chi connectivity index (χ0v) is 14.4. The predicted octanol–water partition coefficient (Wildman–Crippen LogP) is 1.79. The third kappa shape index (κ3) is 3.10. The smallest absolute Gasteiger partial charge is 0.246 e. The highest BCUT2D eigenvalue weighted by molar-refractivity contribution is 7.89. The van der Waals surface area contributed by atoms with E-state index >= 15 is 0 Å². The van der Waals surface area contributed by atoms with Gasteiger partial charge in [-0.15, -0.1) is 0 Å². The fraction of sp³-hybridized carbons (Fsp3) is 0.625. The summed E-state index contributed by atoms with van der Waals surface area (Å²) in [6, 6.07) is 5.32. The number of nitrogens with zero attached hydrogens (tertiary/aromatic N) is 1. The summed E-state index contributed by atoms with van der Waals surface area (Å²) in [5.41, 5.74) is 0.973. The molecule has 2 saturated heterocycles. The number of ether oxygens (including phenoxy) is 3. The van der Waals surface area contributed by atoms with Gasteiger partial charge in [-0.05, 0) is 24.1 Å². The molecule has 23 heavy (non-hydrogen) atoms. The molecule has 0 aromatic heterocycles. The molecule has 1 aromatic carbocycles. The van der Waals surface area contributed by atoms with Crippen molar-refractivity contribution >= 4 is 10.0 Å². The second kappa shape index (κ2) is 6.39. The number of sulfonamides is 1. The molecule has 0 bridgehead atoms. The maximum Gasteiger partial charge on any atom is 0.246 e. The maximum absolute atomic E-state index is 13.0. The second-order valence-electron chi connectivity index (χ2n) is 5.85. The Kier molecular flexibility index (Phi) is 4.64. The number of aryl methyl sites for hydroxylation is 1. The summed E-state index contributed by atoms with van der Waals surface area (Å²) in [5.74, 6) is -0.197. The Morgan fingerprint density at radius 2 is 1.87 bits per heavy atom. The zero-order chi connectivity index (χ0) is 16.5. The minimum absolute atomic E-state index is 0.239. The van der Waals surface area contributed by atoms with Crippen molar-refractivity contribution in [2.24, 2.45) is 0 Å². The number of piperidine rings is 1. The molecule has 3 rings (SSSR count). The Balaban J connectivity index is 1.84. The van der Waals surface area contributed by atoms with Crippen LogP contribution in [0.4, 0.5) is 0 Å². The lowest BCUT2D eigenvalue weighted by atomic mass is 10.1. The van der Waals surface area contributed by atoms with Crippen LogP contribution < -0.4 is 4.74 Å². The zero-order valence-electron chi connectivity index (χ0n) is 13.6. The van der Waals surface area contributed by atoms with Crippen LogP contribution >= 0.6 is 0 Å². The van der Waals surface area contributed by atoms with E-state index in [1.807, 2.05) is 13.0 Å². The number of benzene rings is 1. The van der Waals surface area contributed by atoms with Gasteiger partial charge in [0.2, 0.25) is 10.0 Å². The number of hydrogen-bond acceptors (Lipinski definition) is 5. The quantitative estimate of drug-likeness (QED) is 0.835. The van der Waals surface area contributed by atoms with Crippen LogP contribution in [0.25, 0.3) is 0 Å². The first kappa shape index (κ1) is 16.7. The van der Waals surface area contributed by atoms with E-state index in [1.165, 1.54) is 11.4 Å². The van der Waals surface area contributed by atoms with Gasteiger partial charge < -0.3 is 14.2 Å². The standard InChI is InChI=1S/C16H23NO5S/c1-3-13-4-5-14(20-2)15(12-13)23(18,19)17-8-6-16(7-9-17)21-10-11-22-16/h4-5,12H,3,6-11H2,1-2H3. The van der Waals surface area contributed by atoms with E-state index in [0.717, 1.165) is 12.0 Å². The monoisotopic (exact) mass is 341 g/mol. The first-order valence-corrected chi connectivity index (χ1v) is 9.40. The van der Waals surface area contributed by atoms with Crippen LogP contribution in [0.3, 0.4) is 0 Å². The second-order valence-corrected chi connectivity index (χ2v) is 7.76. The minimum Gasteiger partial charge on any atom is -0.495 e. The molecule has 6 nitrogen and oxygen atoms in total. The lowest BCUT2D eigenvalue weighted by Gasteiger charge is -2.37. The number of methoxy groups -OCH3 is 1. The molecule has 7 heteroatoms. The van der Waals surface area contributed by atoms with Crippen molar-refractivity contribution < 1.29 is 22.6 Å². The molecule has 0 amide bonds. The maximum atomic E-state index is 13.0. The number of rotatable bonds is 4. The summed E-state index contributed by atoms with van der Waals surface area (Å²) >= 11 is 0.